The van der Waals surface area contributed by atoms with Crippen molar-refractivity contribution in [1.29, 1.82) is 0 Å². The molecule has 0 radical (unpaired) electrons. The highest BCUT2D eigenvalue weighted by Gasteiger charge is 2.17. The van der Waals surface area contributed by atoms with E-state index in [2.05, 4.69) is 15.3 Å². The Morgan fingerprint density at radius 1 is 1.40 bits per heavy atom. The molecule has 20 heavy (non-hydrogen) atoms. The summed E-state index contributed by atoms with van der Waals surface area (Å²) >= 11 is 0. The first-order chi connectivity index (χ1) is 9.33. The lowest BCUT2D eigenvalue weighted by atomic mass is 10.3. The van der Waals surface area contributed by atoms with E-state index < -0.39 is 0 Å². The van der Waals surface area contributed by atoms with Crippen molar-refractivity contribution in [2.24, 2.45) is 0 Å². The molecule has 0 aliphatic heterocycles. The van der Waals surface area contributed by atoms with Gasteiger partial charge >= 0.3 is 0 Å². The van der Waals surface area contributed by atoms with Crippen LogP contribution in [0.5, 0.6) is 5.88 Å². The van der Waals surface area contributed by atoms with Crippen molar-refractivity contribution in [2.45, 2.75) is 46.8 Å². The van der Waals surface area contributed by atoms with E-state index in [4.69, 9.17) is 4.74 Å². The standard InChI is InChI=1S/C14H24N4O2/c1-7-18(6)13(19)11(5)16-14-15-10(4)8-12(17-14)20-9(2)3/h8-9,11H,7H2,1-6H3,(H,15,16,17). The number of aryl methyl sites for hydroxylation is 1. The number of anilines is 1. The van der Waals surface area contributed by atoms with Gasteiger partial charge < -0.3 is 15.0 Å². The largest absolute Gasteiger partial charge is 0.475 e. The summed E-state index contributed by atoms with van der Waals surface area (Å²) in [5, 5.41) is 3.02. The van der Waals surface area contributed by atoms with E-state index in [1.165, 1.54) is 0 Å². The molecule has 1 N–H and O–H groups in total. The van der Waals surface area contributed by atoms with E-state index in [-0.39, 0.29) is 18.1 Å². The quantitative estimate of drug-likeness (QED) is 0.861. The highest BCUT2D eigenvalue weighted by Crippen LogP contribution is 2.14. The highest BCUT2D eigenvalue weighted by molar-refractivity contribution is 5.83. The van der Waals surface area contributed by atoms with Crippen molar-refractivity contribution in [3.63, 3.8) is 0 Å². The fraction of sp³-hybridized carbons (Fsp3) is 0.643. The molecule has 0 aliphatic rings. The SMILES string of the molecule is CCN(C)C(=O)C(C)Nc1nc(C)cc(OC(C)C)n1. The number of amides is 1. The normalized spacial score (nSPS) is 12.2. The van der Waals surface area contributed by atoms with Crippen molar-refractivity contribution in [3.8, 4) is 5.88 Å². The Morgan fingerprint density at radius 2 is 2.05 bits per heavy atom. The average molecular weight is 280 g/mol. The second-order valence-corrected chi connectivity index (χ2v) is 5.06. The summed E-state index contributed by atoms with van der Waals surface area (Å²) in [6.07, 6.45) is 0.0439. The molecule has 0 saturated heterocycles. The van der Waals surface area contributed by atoms with Gasteiger partial charge in [-0.15, -0.1) is 0 Å². The number of aromatic nitrogens is 2. The van der Waals surface area contributed by atoms with Crippen LogP contribution < -0.4 is 10.1 Å². The molecule has 1 rings (SSSR count). The van der Waals surface area contributed by atoms with Gasteiger partial charge in [-0.1, -0.05) is 0 Å². The lowest BCUT2D eigenvalue weighted by molar-refractivity contribution is -0.130. The first-order valence-electron chi connectivity index (χ1n) is 6.87. The Hall–Kier alpha value is -1.85. The van der Waals surface area contributed by atoms with E-state index in [1.54, 1.807) is 24.9 Å². The van der Waals surface area contributed by atoms with Crippen molar-refractivity contribution in [2.75, 3.05) is 18.9 Å². The minimum absolute atomic E-state index is 0.00364. The molecule has 1 amide bonds. The van der Waals surface area contributed by atoms with Gasteiger partial charge in [-0.2, -0.15) is 4.98 Å². The van der Waals surface area contributed by atoms with Crippen LogP contribution in [-0.4, -0.2) is 46.5 Å². The fourth-order valence-corrected chi connectivity index (χ4v) is 1.65. The Balaban J connectivity index is 2.81. The Morgan fingerprint density at radius 3 is 2.60 bits per heavy atom. The van der Waals surface area contributed by atoms with E-state index in [9.17, 15) is 4.79 Å². The van der Waals surface area contributed by atoms with Gasteiger partial charge in [0.05, 0.1) is 6.10 Å². The summed E-state index contributed by atoms with van der Waals surface area (Å²) in [5.74, 6) is 0.924. The zero-order valence-corrected chi connectivity index (χ0v) is 13.1. The number of likely N-dealkylation sites (N-methyl/N-ethyl adjacent to an activating group) is 1. The molecule has 0 fully saturated rings. The summed E-state index contributed by atoms with van der Waals surface area (Å²) in [7, 11) is 1.77. The number of nitrogens with zero attached hydrogens (tertiary/aromatic N) is 3. The van der Waals surface area contributed by atoms with Crippen LogP contribution in [0.2, 0.25) is 0 Å². The Bertz CT molecular complexity index is 462. The molecule has 1 unspecified atom stereocenters. The van der Waals surface area contributed by atoms with Crippen LogP contribution in [-0.2, 0) is 4.79 Å². The molecule has 0 aromatic carbocycles. The molecule has 0 spiro atoms. The summed E-state index contributed by atoms with van der Waals surface area (Å²) < 4.78 is 5.56. The van der Waals surface area contributed by atoms with Gasteiger partial charge in [-0.05, 0) is 34.6 Å². The molecule has 6 heteroatoms. The number of nitrogens with one attached hydrogen (secondary N) is 1. The second kappa shape index (κ2) is 7.07. The van der Waals surface area contributed by atoms with Crippen LogP contribution in [0.15, 0.2) is 6.07 Å². The lowest BCUT2D eigenvalue weighted by Crippen LogP contribution is -2.39. The number of ether oxygens (including phenoxy) is 1. The molecule has 112 valence electrons. The van der Waals surface area contributed by atoms with Crippen LogP contribution in [0.25, 0.3) is 0 Å². The van der Waals surface area contributed by atoms with Crippen molar-refractivity contribution < 1.29 is 9.53 Å². The van der Waals surface area contributed by atoms with Gasteiger partial charge in [-0.25, -0.2) is 4.98 Å². The minimum atomic E-state index is -0.381. The summed E-state index contributed by atoms with van der Waals surface area (Å²) in [6, 6.07) is 1.39. The fourth-order valence-electron chi connectivity index (χ4n) is 1.65. The number of carbonyl (C=O) groups excluding carboxylic acids is 1. The molecule has 1 aromatic rings. The molecule has 6 nitrogen and oxygen atoms in total. The predicted molar refractivity (Wildman–Crippen MR) is 78.9 cm³/mol. The number of carbonyl (C=O) groups is 1. The van der Waals surface area contributed by atoms with Crippen molar-refractivity contribution in [1.82, 2.24) is 14.9 Å². The Kier molecular flexibility index (Phi) is 5.73. The maximum atomic E-state index is 12.0. The van der Waals surface area contributed by atoms with Gasteiger partial charge in [0.25, 0.3) is 0 Å². The number of hydrogen-bond donors (Lipinski definition) is 1. The zero-order valence-electron chi connectivity index (χ0n) is 13.1. The minimum Gasteiger partial charge on any atom is -0.475 e. The average Bonchev–Trinajstić information content (AvgIpc) is 2.35. The smallest absolute Gasteiger partial charge is 0.244 e. The molecule has 0 aliphatic carbocycles. The monoisotopic (exact) mass is 280 g/mol. The molecular weight excluding hydrogens is 256 g/mol. The van der Waals surface area contributed by atoms with Gasteiger partial charge in [0.2, 0.25) is 17.7 Å². The predicted octanol–water partition coefficient (Wildman–Crippen LogP) is 1.85. The summed E-state index contributed by atoms with van der Waals surface area (Å²) in [5.41, 5.74) is 0.793. The van der Waals surface area contributed by atoms with Crippen LogP contribution in [0.4, 0.5) is 5.95 Å². The van der Waals surface area contributed by atoms with E-state index >= 15 is 0 Å². The maximum absolute atomic E-state index is 12.0. The topological polar surface area (TPSA) is 67.4 Å². The van der Waals surface area contributed by atoms with E-state index in [0.717, 1.165) is 5.69 Å². The molecule has 0 bridgehead atoms. The number of rotatable bonds is 6. The van der Waals surface area contributed by atoms with E-state index in [1.807, 2.05) is 27.7 Å². The van der Waals surface area contributed by atoms with Crippen LogP contribution in [0.3, 0.4) is 0 Å². The first kappa shape index (κ1) is 16.2. The van der Waals surface area contributed by atoms with Crippen molar-refractivity contribution in [3.05, 3.63) is 11.8 Å². The highest BCUT2D eigenvalue weighted by atomic mass is 16.5. The number of hydrogen-bond acceptors (Lipinski definition) is 5. The molecule has 1 aromatic heterocycles. The van der Waals surface area contributed by atoms with Gasteiger partial charge in [0.15, 0.2) is 0 Å². The third-order valence-electron chi connectivity index (χ3n) is 2.75. The summed E-state index contributed by atoms with van der Waals surface area (Å²) in [4.78, 5) is 22.2. The van der Waals surface area contributed by atoms with Gasteiger partial charge in [0, 0.05) is 25.4 Å². The van der Waals surface area contributed by atoms with E-state index in [0.29, 0.717) is 18.4 Å². The first-order valence-corrected chi connectivity index (χ1v) is 6.87. The Labute approximate surface area is 120 Å². The van der Waals surface area contributed by atoms with Crippen LogP contribution >= 0.6 is 0 Å². The van der Waals surface area contributed by atoms with Crippen LogP contribution in [0, 0.1) is 6.92 Å². The van der Waals surface area contributed by atoms with Crippen molar-refractivity contribution >= 4 is 11.9 Å². The van der Waals surface area contributed by atoms with Crippen LogP contribution in [0.1, 0.15) is 33.4 Å². The maximum Gasteiger partial charge on any atom is 0.244 e. The van der Waals surface area contributed by atoms with Gasteiger partial charge in [0.1, 0.15) is 6.04 Å². The second-order valence-electron chi connectivity index (χ2n) is 5.06. The third kappa shape index (κ3) is 4.68. The van der Waals surface area contributed by atoms with Gasteiger partial charge in [-0.3, -0.25) is 4.79 Å². The molecule has 1 heterocycles. The molecule has 1 atom stereocenters. The summed E-state index contributed by atoms with van der Waals surface area (Å²) in [6.45, 7) is 10.1. The molecule has 0 saturated carbocycles. The third-order valence-corrected chi connectivity index (χ3v) is 2.75. The molecular formula is C14H24N4O2. The lowest BCUT2D eigenvalue weighted by Gasteiger charge is -2.21. The zero-order chi connectivity index (χ0) is 15.3.